The van der Waals surface area contributed by atoms with E-state index in [1.54, 1.807) is 17.4 Å². The number of hydrogen-bond acceptors (Lipinski definition) is 3. The fourth-order valence-electron chi connectivity index (χ4n) is 2.54. The van der Waals surface area contributed by atoms with Crippen molar-refractivity contribution in [3.63, 3.8) is 0 Å². The molecular formula is C15H14BrNO2S. The van der Waals surface area contributed by atoms with Gasteiger partial charge in [0, 0.05) is 34.4 Å². The zero-order valence-electron chi connectivity index (χ0n) is 10.8. The number of halogens is 1. The number of benzene rings is 1. The summed E-state index contributed by atoms with van der Waals surface area (Å²) in [5.41, 5.74) is 2.80. The molecule has 1 aliphatic heterocycles. The maximum absolute atomic E-state index is 11.0. The highest BCUT2D eigenvalue weighted by Gasteiger charge is 2.18. The Balaban J connectivity index is 1.76. The Labute approximate surface area is 130 Å². The van der Waals surface area contributed by atoms with Crippen molar-refractivity contribution in [2.24, 2.45) is 0 Å². The van der Waals surface area contributed by atoms with Gasteiger partial charge < -0.3 is 5.11 Å². The lowest BCUT2D eigenvalue weighted by Gasteiger charge is -2.28. The molecule has 0 saturated carbocycles. The minimum atomic E-state index is -0.855. The van der Waals surface area contributed by atoms with E-state index in [1.165, 1.54) is 10.4 Å². The average Bonchev–Trinajstić information content (AvgIpc) is 2.83. The highest BCUT2D eigenvalue weighted by atomic mass is 79.9. The van der Waals surface area contributed by atoms with Crippen LogP contribution in [-0.4, -0.2) is 22.5 Å². The van der Waals surface area contributed by atoms with Crippen molar-refractivity contribution < 1.29 is 9.90 Å². The molecule has 3 rings (SSSR count). The largest absolute Gasteiger partial charge is 0.478 e. The molecule has 0 atom stereocenters. The molecule has 2 heterocycles. The number of carbonyl (C=O) groups is 1. The number of hydrogen-bond donors (Lipinski definition) is 1. The average molecular weight is 352 g/mol. The molecule has 0 aliphatic carbocycles. The first-order chi connectivity index (χ1) is 9.61. The van der Waals surface area contributed by atoms with Gasteiger partial charge in [0.05, 0.1) is 5.56 Å². The molecule has 0 fully saturated rings. The molecule has 104 valence electrons. The van der Waals surface area contributed by atoms with Gasteiger partial charge in [-0.05, 0) is 51.7 Å². The third kappa shape index (κ3) is 2.95. The monoisotopic (exact) mass is 351 g/mol. The lowest BCUT2D eigenvalue weighted by molar-refractivity contribution is 0.0696. The highest BCUT2D eigenvalue weighted by Crippen LogP contribution is 2.25. The number of rotatable bonds is 3. The van der Waals surface area contributed by atoms with Crippen LogP contribution in [0.25, 0.3) is 0 Å². The quantitative estimate of drug-likeness (QED) is 0.914. The molecule has 0 unspecified atom stereocenters. The van der Waals surface area contributed by atoms with E-state index in [2.05, 4.69) is 32.3 Å². The van der Waals surface area contributed by atoms with Crippen molar-refractivity contribution >= 4 is 33.2 Å². The number of thiophene rings is 1. The molecule has 3 nitrogen and oxygen atoms in total. The molecule has 0 saturated heterocycles. The van der Waals surface area contributed by atoms with Gasteiger partial charge in [-0.3, -0.25) is 4.90 Å². The molecule has 1 aromatic carbocycles. The van der Waals surface area contributed by atoms with Crippen LogP contribution in [0.4, 0.5) is 0 Å². The lowest BCUT2D eigenvalue weighted by atomic mass is 9.97. The minimum absolute atomic E-state index is 0.379. The molecule has 0 spiro atoms. The van der Waals surface area contributed by atoms with E-state index in [4.69, 9.17) is 5.11 Å². The maximum Gasteiger partial charge on any atom is 0.335 e. The fraction of sp³-hybridized carbons (Fsp3) is 0.267. The van der Waals surface area contributed by atoms with Crippen LogP contribution >= 0.6 is 27.3 Å². The van der Waals surface area contributed by atoms with E-state index in [0.29, 0.717) is 5.56 Å². The Morgan fingerprint density at radius 2 is 2.20 bits per heavy atom. The van der Waals surface area contributed by atoms with E-state index < -0.39 is 5.97 Å². The second-order valence-electron chi connectivity index (χ2n) is 4.98. The summed E-state index contributed by atoms with van der Waals surface area (Å²) in [4.78, 5) is 14.7. The zero-order chi connectivity index (χ0) is 14.1. The van der Waals surface area contributed by atoms with Gasteiger partial charge in [-0.1, -0.05) is 6.07 Å². The highest BCUT2D eigenvalue weighted by molar-refractivity contribution is 9.10. The Hall–Kier alpha value is -1.17. The second-order valence-corrected chi connectivity index (χ2v) is 6.89. The molecule has 1 aromatic heterocycles. The van der Waals surface area contributed by atoms with Gasteiger partial charge in [-0.2, -0.15) is 0 Å². The molecule has 2 aromatic rings. The van der Waals surface area contributed by atoms with Crippen LogP contribution < -0.4 is 0 Å². The van der Waals surface area contributed by atoms with Crippen molar-refractivity contribution in [3.8, 4) is 0 Å². The van der Waals surface area contributed by atoms with Gasteiger partial charge in [-0.25, -0.2) is 4.79 Å². The van der Waals surface area contributed by atoms with Gasteiger partial charge in [0.1, 0.15) is 0 Å². The first-order valence-corrected chi connectivity index (χ1v) is 8.09. The molecule has 5 heteroatoms. The normalized spacial score (nSPS) is 15.1. The van der Waals surface area contributed by atoms with Gasteiger partial charge >= 0.3 is 5.97 Å². The van der Waals surface area contributed by atoms with Crippen LogP contribution in [0.3, 0.4) is 0 Å². The van der Waals surface area contributed by atoms with E-state index in [1.807, 2.05) is 12.1 Å². The van der Waals surface area contributed by atoms with E-state index in [0.717, 1.165) is 36.1 Å². The Bertz CT molecular complexity index is 653. The van der Waals surface area contributed by atoms with Crippen LogP contribution in [0, 0.1) is 0 Å². The summed E-state index contributed by atoms with van der Waals surface area (Å²) in [6.07, 6.45) is 0.988. The van der Waals surface area contributed by atoms with Gasteiger partial charge in [0.2, 0.25) is 0 Å². The van der Waals surface area contributed by atoms with Crippen LogP contribution in [0.5, 0.6) is 0 Å². The SMILES string of the molecule is O=C(O)c1ccc2c(c1)CN(Cc1cc(Br)cs1)CC2. The molecule has 0 amide bonds. The smallest absolute Gasteiger partial charge is 0.335 e. The van der Waals surface area contributed by atoms with E-state index in [-0.39, 0.29) is 0 Å². The van der Waals surface area contributed by atoms with Crippen molar-refractivity contribution in [2.45, 2.75) is 19.5 Å². The second kappa shape index (κ2) is 5.68. The predicted octanol–water partition coefficient (Wildman–Crippen LogP) is 3.77. The molecule has 0 radical (unpaired) electrons. The minimum Gasteiger partial charge on any atom is -0.478 e. The molecule has 0 bridgehead atoms. The third-order valence-electron chi connectivity index (χ3n) is 3.55. The zero-order valence-corrected chi connectivity index (χ0v) is 13.2. The number of nitrogens with zero attached hydrogens (tertiary/aromatic N) is 1. The van der Waals surface area contributed by atoms with Gasteiger partial charge in [-0.15, -0.1) is 11.3 Å². The summed E-state index contributed by atoms with van der Waals surface area (Å²) in [7, 11) is 0. The van der Waals surface area contributed by atoms with E-state index in [9.17, 15) is 4.79 Å². The lowest BCUT2D eigenvalue weighted by Crippen LogP contribution is -2.29. The first kappa shape index (κ1) is 13.8. The molecule has 20 heavy (non-hydrogen) atoms. The van der Waals surface area contributed by atoms with Crippen molar-refractivity contribution in [3.05, 3.63) is 55.7 Å². The Morgan fingerprint density at radius 3 is 2.90 bits per heavy atom. The summed E-state index contributed by atoms with van der Waals surface area (Å²) < 4.78 is 1.13. The predicted molar refractivity (Wildman–Crippen MR) is 83.2 cm³/mol. The Morgan fingerprint density at radius 1 is 1.35 bits per heavy atom. The number of aromatic carboxylic acids is 1. The molecule has 1 aliphatic rings. The van der Waals surface area contributed by atoms with Crippen LogP contribution in [-0.2, 0) is 19.5 Å². The Kier molecular flexibility index (Phi) is 3.92. The number of carboxylic acid groups (broad SMARTS) is 1. The first-order valence-electron chi connectivity index (χ1n) is 6.42. The summed E-state index contributed by atoms with van der Waals surface area (Å²) >= 11 is 5.22. The van der Waals surface area contributed by atoms with Crippen molar-refractivity contribution in [2.75, 3.05) is 6.54 Å². The number of fused-ring (bicyclic) bond motifs is 1. The van der Waals surface area contributed by atoms with Crippen LogP contribution in [0.2, 0.25) is 0 Å². The third-order valence-corrected chi connectivity index (χ3v) is 5.23. The summed E-state index contributed by atoms with van der Waals surface area (Å²) in [6, 6.07) is 7.62. The summed E-state index contributed by atoms with van der Waals surface area (Å²) in [5.74, 6) is -0.855. The fourth-order valence-corrected chi connectivity index (χ4v) is 4.03. The van der Waals surface area contributed by atoms with Gasteiger partial charge in [0.15, 0.2) is 0 Å². The molecule has 1 N–H and O–H groups in total. The molecular weight excluding hydrogens is 338 g/mol. The van der Waals surface area contributed by atoms with Crippen LogP contribution in [0.1, 0.15) is 26.4 Å². The van der Waals surface area contributed by atoms with Crippen molar-refractivity contribution in [1.29, 1.82) is 0 Å². The van der Waals surface area contributed by atoms with Crippen molar-refractivity contribution in [1.82, 2.24) is 4.90 Å². The summed E-state index contributed by atoms with van der Waals surface area (Å²) in [6.45, 7) is 2.77. The topological polar surface area (TPSA) is 40.5 Å². The summed E-state index contributed by atoms with van der Waals surface area (Å²) in [5, 5.41) is 11.2. The maximum atomic E-state index is 11.0. The van der Waals surface area contributed by atoms with E-state index >= 15 is 0 Å². The van der Waals surface area contributed by atoms with Gasteiger partial charge in [0.25, 0.3) is 0 Å². The number of carboxylic acids is 1. The standard InChI is InChI=1S/C15H14BrNO2S/c16-13-6-14(20-9-13)8-17-4-3-10-1-2-11(15(18)19)5-12(10)7-17/h1-2,5-6,9H,3-4,7-8H2,(H,18,19). The van der Waals surface area contributed by atoms with Crippen LogP contribution in [0.15, 0.2) is 34.1 Å².